The third kappa shape index (κ3) is 4.49. The molecule has 116 valence electrons. The smallest absolute Gasteiger partial charge is 0.216 e. The van der Waals surface area contributed by atoms with Gasteiger partial charge in [-0.2, -0.15) is 5.10 Å². The van der Waals surface area contributed by atoms with Gasteiger partial charge in [0.1, 0.15) is 0 Å². The highest BCUT2D eigenvalue weighted by molar-refractivity contribution is 5.30. The van der Waals surface area contributed by atoms with E-state index in [1.807, 2.05) is 14.0 Å². The van der Waals surface area contributed by atoms with Crippen molar-refractivity contribution >= 4 is 0 Å². The van der Waals surface area contributed by atoms with Crippen molar-refractivity contribution < 1.29 is 4.74 Å². The quantitative estimate of drug-likeness (QED) is 0.789. The molecule has 5 heteroatoms. The SMILES string of the molecule is COc1c(CNCC(CC(C)C)N(C)C)c(C)nn1C. The number of hydrogen-bond acceptors (Lipinski definition) is 4. The van der Waals surface area contributed by atoms with Crippen molar-refractivity contribution in [3.8, 4) is 5.88 Å². The van der Waals surface area contributed by atoms with Crippen molar-refractivity contribution in [3.63, 3.8) is 0 Å². The Hall–Kier alpha value is -1.07. The van der Waals surface area contributed by atoms with Crippen molar-refractivity contribution in [3.05, 3.63) is 11.3 Å². The maximum Gasteiger partial charge on any atom is 0.216 e. The highest BCUT2D eigenvalue weighted by Crippen LogP contribution is 2.20. The molecule has 1 N–H and O–H groups in total. The first-order valence-electron chi connectivity index (χ1n) is 7.30. The van der Waals surface area contributed by atoms with E-state index in [1.165, 1.54) is 6.42 Å². The number of nitrogens with zero attached hydrogens (tertiary/aromatic N) is 3. The first-order valence-corrected chi connectivity index (χ1v) is 7.30. The molecule has 0 radical (unpaired) electrons. The van der Waals surface area contributed by atoms with Gasteiger partial charge in [-0.1, -0.05) is 13.8 Å². The van der Waals surface area contributed by atoms with Gasteiger partial charge < -0.3 is 15.0 Å². The topological polar surface area (TPSA) is 42.3 Å². The highest BCUT2D eigenvalue weighted by atomic mass is 16.5. The van der Waals surface area contributed by atoms with Crippen LogP contribution in [0.2, 0.25) is 0 Å². The van der Waals surface area contributed by atoms with E-state index in [9.17, 15) is 0 Å². The minimum Gasteiger partial charge on any atom is -0.481 e. The fourth-order valence-electron chi connectivity index (χ4n) is 2.52. The normalized spacial score (nSPS) is 13.2. The molecule has 0 spiro atoms. The average Bonchev–Trinajstić information content (AvgIpc) is 2.61. The molecule has 0 aliphatic heterocycles. The molecular weight excluding hydrogens is 252 g/mol. The molecular formula is C15H30N4O. The summed E-state index contributed by atoms with van der Waals surface area (Å²) in [6.07, 6.45) is 1.20. The second-order valence-corrected chi connectivity index (χ2v) is 6.07. The lowest BCUT2D eigenvalue weighted by Gasteiger charge is -2.26. The minimum atomic E-state index is 0.554. The van der Waals surface area contributed by atoms with Crippen molar-refractivity contribution in [2.45, 2.75) is 39.8 Å². The first-order chi connectivity index (χ1) is 9.36. The Labute approximate surface area is 123 Å². The number of methoxy groups -OCH3 is 1. The second kappa shape index (κ2) is 7.64. The van der Waals surface area contributed by atoms with Gasteiger partial charge in [-0.25, -0.2) is 4.68 Å². The summed E-state index contributed by atoms with van der Waals surface area (Å²) in [5, 5.41) is 7.95. The summed E-state index contributed by atoms with van der Waals surface area (Å²) in [4.78, 5) is 2.29. The summed E-state index contributed by atoms with van der Waals surface area (Å²) in [5.74, 6) is 1.55. The van der Waals surface area contributed by atoms with Crippen LogP contribution in [0.25, 0.3) is 0 Å². The molecule has 1 unspecified atom stereocenters. The van der Waals surface area contributed by atoms with E-state index < -0.39 is 0 Å². The molecule has 0 aromatic carbocycles. The first kappa shape index (κ1) is 17.0. The van der Waals surface area contributed by atoms with Gasteiger partial charge in [0.05, 0.1) is 18.4 Å². The lowest BCUT2D eigenvalue weighted by atomic mass is 10.0. The molecule has 0 saturated carbocycles. The van der Waals surface area contributed by atoms with Gasteiger partial charge in [-0.05, 0) is 33.4 Å². The van der Waals surface area contributed by atoms with Crippen LogP contribution in [0.15, 0.2) is 0 Å². The van der Waals surface area contributed by atoms with E-state index in [4.69, 9.17) is 4.74 Å². The van der Waals surface area contributed by atoms with Crippen LogP contribution >= 0.6 is 0 Å². The fraction of sp³-hybridized carbons (Fsp3) is 0.800. The van der Waals surface area contributed by atoms with E-state index in [0.717, 1.165) is 30.2 Å². The zero-order valence-electron chi connectivity index (χ0n) is 14.0. The van der Waals surface area contributed by atoms with Crippen LogP contribution in [0.5, 0.6) is 5.88 Å². The van der Waals surface area contributed by atoms with E-state index >= 15 is 0 Å². The molecule has 0 fully saturated rings. The van der Waals surface area contributed by atoms with Crippen LogP contribution in [0, 0.1) is 12.8 Å². The van der Waals surface area contributed by atoms with Crippen LogP contribution in [0.3, 0.4) is 0 Å². The predicted molar refractivity (Wildman–Crippen MR) is 83.1 cm³/mol. The van der Waals surface area contributed by atoms with Crippen LogP contribution in [-0.4, -0.2) is 48.5 Å². The molecule has 1 aromatic rings. The summed E-state index contributed by atoms with van der Waals surface area (Å²) in [5.41, 5.74) is 2.18. The predicted octanol–water partition coefficient (Wildman–Crippen LogP) is 1.80. The van der Waals surface area contributed by atoms with Crippen LogP contribution in [0.4, 0.5) is 0 Å². The molecule has 1 rings (SSSR count). The van der Waals surface area contributed by atoms with Gasteiger partial charge in [-0.3, -0.25) is 0 Å². The molecule has 0 amide bonds. The molecule has 1 heterocycles. The van der Waals surface area contributed by atoms with E-state index in [0.29, 0.717) is 12.0 Å². The summed E-state index contributed by atoms with van der Waals surface area (Å²) in [6.45, 7) is 8.33. The largest absolute Gasteiger partial charge is 0.481 e. The van der Waals surface area contributed by atoms with E-state index in [-0.39, 0.29) is 0 Å². The molecule has 0 aliphatic rings. The molecule has 0 aliphatic carbocycles. The van der Waals surface area contributed by atoms with Gasteiger partial charge >= 0.3 is 0 Å². The Bertz CT molecular complexity index is 412. The van der Waals surface area contributed by atoms with E-state index in [2.05, 4.69) is 43.3 Å². The minimum absolute atomic E-state index is 0.554. The Morgan fingerprint density at radius 2 is 2.00 bits per heavy atom. The molecule has 5 nitrogen and oxygen atoms in total. The maximum absolute atomic E-state index is 5.42. The second-order valence-electron chi connectivity index (χ2n) is 6.07. The standard InChI is InChI=1S/C15H30N4O/c1-11(2)8-13(18(4)5)9-16-10-14-12(3)17-19(6)15(14)20-7/h11,13,16H,8-10H2,1-7H3. The zero-order valence-corrected chi connectivity index (χ0v) is 14.0. The third-order valence-electron chi connectivity index (χ3n) is 3.64. The summed E-state index contributed by atoms with van der Waals surface area (Å²) in [7, 11) is 7.90. The van der Waals surface area contributed by atoms with Crippen LogP contribution in [-0.2, 0) is 13.6 Å². The third-order valence-corrected chi connectivity index (χ3v) is 3.64. The lowest BCUT2D eigenvalue weighted by molar-refractivity contribution is 0.246. The van der Waals surface area contributed by atoms with Gasteiger partial charge in [0.25, 0.3) is 0 Å². The average molecular weight is 282 g/mol. The summed E-state index contributed by atoms with van der Waals surface area (Å²) >= 11 is 0. The Morgan fingerprint density at radius 3 is 2.50 bits per heavy atom. The Balaban J connectivity index is 2.59. The molecule has 1 aromatic heterocycles. The molecule has 20 heavy (non-hydrogen) atoms. The highest BCUT2D eigenvalue weighted by Gasteiger charge is 2.16. The summed E-state index contributed by atoms with van der Waals surface area (Å²) < 4.78 is 7.21. The van der Waals surface area contributed by atoms with Crippen molar-refractivity contribution in [2.24, 2.45) is 13.0 Å². The lowest BCUT2D eigenvalue weighted by Crippen LogP contribution is -2.38. The molecule has 0 bridgehead atoms. The number of hydrogen-bond donors (Lipinski definition) is 1. The van der Waals surface area contributed by atoms with Crippen molar-refractivity contribution in [2.75, 3.05) is 27.7 Å². The number of aryl methyl sites for hydroxylation is 2. The maximum atomic E-state index is 5.42. The van der Waals surface area contributed by atoms with Crippen LogP contribution in [0.1, 0.15) is 31.5 Å². The number of nitrogens with one attached hydrogen (secondary N) is 1. The Morgan fingerprint density at radius 1 is 1.35 bits per heavy atom. The van der Waals surface area contributed by atoms with Crippen LogP contribution < -0.4 is 10.1 Å². The summed E-state index contributed by atoms with van der Waals surface area (Å²) in [6, 6.07) is 0.554. The Kier molecular flexibility index (Phi) is 6.49. The van der Waals surface area contributed by atoms with Crippen molar-refractivity contribution in [1.29, 1.82) is 0 Å². The van der Waals surface area contributed by atoms with Crippen molar-refractivity contribution in [1.82, 2.24) is 20.0 Å². The zero-order chi connectivity index (χ0) is 15.3. The monoisotopic (exact) mass is 282 g/mol. The van der Waals surface area contributed by atoms with Gasteiger partial charge in [0.2, 0.25) is 5.88 Å². The van der Waals surface area contributed by atoms with E-state index in [1.54, 1.807) is 11.8 Å². The molecule has 0 saturated heterocycles. The number of aromatic nitrogens is 2. The number of ether oxygens (including phenoxy) is 1. The van der Waals surface area contributed by atoms with Gasteiger partial charge in [0.15, 0.2) is 0 Å². The van der Waals surface area contributed by atoms with Gasteiger partial charge in [-0.15, -0.1) is 0 Å². The number of likely N-dealkylation sites (N-methyl/N-ethyl adjacent to an activating group) is 1. The molecule has 1 atom stereocenters. The van der Waals surface area contributed by atoms with Gasteiger partial charge in [0, 0.05) is 26.2 Å². The fourth-order valence-corrected chi connectivity index (χ4v) is 2.52. The number of rotatable bonds is 8.